The summed E-state index contributed by atoms with van der Waals surface area (Å²) in [5.41, 5.74) is 2.10. The number of benzene rings is 1. The van der Waals surface area contributed by atoms with Gasteiger partial charge in [-0.2, -0.15) is 26.3 Å². The third kappa shape index (κ3) is 4.58. The lowest BCUT2D eigenvalue weighted by Crippen LogP contribution is -2.28. The van der Waals surface area contributed by atoms with Gasteiger partial charge in [-0.05, 0) is 36.0 Å². The predicted octanol–water partition coefficient (Wildman–Crippen LogP) is 3.06. The number of halogens is 6. The molecule has 0 spiro atoms. The van der Waals surface area contributed by atoms with Gasteiger partial charge in [0.25, 0.3) is 0 Å². The van der Waals surface area contributed by atoms with Crippen LogP contribution in [-0.4, -0.2) is 5.11 Å². The molecule has 1 rings (SSSR count). The second-order valence-corrected chi connectivity index (χ2v) is 4.07. The van der Waals surface area contributed by atoms with Gasteiger partial charge in [0.05, 0.1) is 11.1 Å². The normalized spacial score (nSPS) is 12.3. The van der Waals surface area contributed by atoms with Crippen LogP contribution in [0.2, 0.25) is 0 Å². The first-order chi connectivity index (χ1) is 8.50. The predicted molar refractivity (Wildman–Crippen MR) is 60.1 cm³/mol. The molecule has 0 aromatic heterocycles. The maximum absolute atomic E-state index is 12.5. The summed E-state index contributed by atoms with van der Waals surface area (Å²) in [5.74, 6) is 0. The third-order valence-electron chi connectivity index (χ3n) is 2.11. The molecule has 0 radical (unpaired) electrons. The average molecular weight is 302 g/mol. The molecule has 0 atom stereocenters. The second-order valence-electron chi connectivity index (χ2n) is 3.63. The summed E-state index contributed by atoms with van der Waals surface area (Å²) in [4.78, 5) is 0. The molecule has 9 heteroatoms. The largest absolute Gasteiger partial charge is 0.416 e. The van der Waals surface area contributed by atoms with E-state index in [1.54, 1.807) is 0 Å². The van der Waals surface area contributed by atoms with Crippen LogP contribution in [0.5, 0.6) is 0 Å². The summed E-state index contributed by atoms with van der Waals surface area (Å²) in [5, 5.41) is 2.08. The van der Waals surface area contributed by atoms with Crippen LogP contribution in [0.3, 0.4) is 0 Å². The Morgan fingerprint density at radius 1 is 1.00 bits per heavy atom. The fourth-order valence-corrected chi connectivity index (χ4v) is 1.38. The van der Waals surface area contributed by atoms with Crippen LogP contribution in [-0.2, 0) is 18.9 Å². The molecule has 2 nitrogen and oxygen atoms in total. The van der Waals surface area contributed by atoms with Gasteiger partial charge >= 0.3 is 12.4 Å². The molecule has 0 aliphatic carbocycles. The molecule has 1 aromatic carbocycles. The molecule has 0 fully saturated rings. The minimum absolute atomic E-state index is 0.0598. The standard InChI is InChI=1S/C10H8F6N2S/c11-9(12,13)6-1-5(4-18-8(17)19)2-7(3-6)10(14,15)16/h1-3H,4H2,(H3,17,18,19). The zero-order chi connectivity index (χ0) is 14.8. The van der Waals surface area contributed by atoms with Gasteiger partial charge in [0.1, 0.15) is 0 Å². The van der Waals surface area contributed by atoms with E-state index in [9.17, 15) is 26.3 Å². The summed E-state index contributed by atoms with van der Waals surface area (Å²) < 4.78 is 75.0. The molecule has 0 aliphatic rings. The average Bonchev–Trinajstić information content (AvgIpc) is 2.23. The summed E-state index contributed by atoms with van der Waals surface area (Å²) in [7, 11) is 0. The number of rotatable bonds is 2. The van der Waals surface area contributed by atoms with Gasteiger partial charge in [0, 0.05) is 6.54 Å². The molecule has 0 unspecified atom stereocenters. The van der Waals surface area contributed by atoms with Gasteiger partial charge < -0.3 is 11.1 Å². The Morgan fingerprint density at radius 3 is 1.74 bits per heavy atom. The lowest BCUT2D eigenvalue weighted by Gasteiger charge is -2.14. The topological polar surface area (TPSA) is 38.0 Å². The first kappa shape index (κ1) is 15.5. The third-order valence-corrected chi connectivity index (χ3v) is 2.26. The van der Waals surface area contributed by atoms with Crippen molar-refractivity contribution in [2.24, 2.45) is 5.73 Å². The van der Waals surface area contributed by atoms with Crippen molar-refractivity contribution in [3.63, 3.8) is 0 Å². The maximum atomic E-state index is 12.5. The molecule has 1 aromatic rings. The molecule has 0 saturated carbocycles. The summed E-state index contributed by atoms with van der Waals surface area (Å²) >= 11 is 4.43. The highest BCUT2D eigenvalue weighted by Gasteiger charge is 2.36. The molecule has 3 N–H and O–H groups in total. The summed E-state index contributed by atoms with van der Waals surface area (Å²) in [6.07, 6.45) is -9.72. The van der Waals surface area contributed by atoms with Gasteiger partial charge in [-0.15, -0.1) is 0 Å². The number of nitrogens with one attached hydrogen (secondary N) is 1. The van der Waals surface area contributed by atoms with Crippen LogP contribution >= 0.6 is 12.2 Å². The quantitative estimate of drug-likeness (QED) is 0.651. The smallest absolute Gasteiger partial charge is 0.376 e. The maximum Gasteiger partial charge on any atom is 0.416 e. The molecule has 0 heterocycles. The Labute approximate surface area is 109 Å². The molecule has 106 valence electrons. The first-order valence-electron chi connectivity index (χ1n) is 4.82. The molecule has 19 heavy (non-hydrogen) atoms. The van der Waals surface area contributed by atoms with Crippen molar-refractivity contribution in [2.45, 2.75) is 18.9 Å². The fraction of sp³-hybridized carbons (Fsp3) is 0.300. The van der Waals surface area contributed by atoms with Crippen LogP contribution in [0.25, 0.3) is 0 Å². The van der Waals surface area contributed by atoms with Crippen LogP contribution in [0, 0.1) is 0 Å². The van der Waals surface area contributed by atoms with E-state index in [2.05, 4.69) is 17.5 Å². The Hall–Kier alpha value is -1.51. The SMILES string of the molecule is NC(=S)NCc1cc(C(F)(F)F)cc(C(F)(F)F)c1. The summed E-state index contributed by atoms with van der Waals surface area (Å²) in [6, 6.07) is 1.28. The molecule has 0 bridgehead atoms. The van der Waals surface area contributed by atoms with Crippen LogP contribution in [0.1, 0.15) is 16.7 Å². The van der Waals surface area contributed by atoms with E-state index < -0.39 is 23.5 Å². The van der Waals surface area contributed by atoms with Crippen molar-refractivity contribution in [1.29, 1.82) is 0 Å². The summed E-state index contributed by atoms with van der Waals surface area (Å²) in [6.45, 7) is -0.317. The highest BCUT2D eigenvalue weighted by molar-refractivity contribution is 7.80. The highest BCUT2D eigenvalue weighted by Crippen LogP contribution is 2.36. The first-order valence-corrected chi connectivity index (χ1v) is 5.22. The number of hydrogen-bond acceptors (Lipinski definition) is 1. The Kier molecular flexibility index (Phi) is 4.28. The zero-order valence-corrected chi connectivity index (χ0v) is 10.0. The van der Waals surface area contributed by atoms with Crippen LogP contribution in [0.15, 0.2) is 18.2 Å². The lowest BCUT2D eigenvalue weighted by molar-refractivity contribution is -0.143. The Morgan fingerprint density at radius 2 is 1.42 bits per heavy atom. The minimum Gasteiger partial charge on any atom is -0.376 e. The molecular formula is C10H8F6N2S. The molecular weight excluding hydrogens is 294 g/mol. The van der Waals surface area contributed by atoms with Crippen molar-refractivity contribution >= 4 is 17.3 Å². The van der Waals surface area contributed by atoms with E-state index in [1.807, 2.05) is 0 Å². The van der Waals surface area contributed by atoms with Gasteiger partial charge in [-0.3, -0.25) is 0 Å². The van der Waals surface area contributed by atoms with E-state index in [-0.39, 0.29) is 23.3 Å². The van der Waals surface area contributed by atoms with E-state index in [1.165, 1.54) is 0 Å². The Balaban J connectivity index is 3.21. The van der Waals surface area contributed by atoms with Gasteiger partial charge in [0.2, 0.25) is 0 Å². The van der Waals surface area contributed by atoms with Crippen molar-refractivity contribution in [3.8, 4) is 0 Å². The fourth-order valence-electron chi connectivity index (χ4n) is 1.31. The van der Waals surface area contributed by atoms with Gasteiger partial charge in [0.15, 0.2) is 5.11 Å². The molecule has 0 aliphatic heterocycles. The van der Waals surface area contributed by atoms with Crippen molar-refractivity contribution < 1.29 is 26.3 Å². The van der Waals surface area contributed by atoms with E-state index in [4.69, 9.17) is 5.73 Å². The van der Waals surface area contributed by atoms with Crippen LogP contribution in [0.4, 0.5) is 26.3 Å². The monoisotopic (exact) mass is 302 g/mol. The zero-order valence-electron chi connectivity index (χ0n) is 9.19. The van der Waals surface area contributed by atoms with Crippen molar-refractivity contribution in [2.75, 3.05) is 0 Å². The van der Waals surface area contributed by atoms with E-state index in [0.29, 0.717) is 12.1 Å². The molecule has 0 saturated heterocycles. The van der Waals surface area contributed by atoms with Crippen LogP contribution < -0.4 is 11.1 Å². The second kappa shape index (κ2) is 5.24. The highest BCUT2D eigenvalue weighted by atomic mass is 32.1. The number of thiocarbonyl (C=S) groups is 1. The number of alkyl halides is 6. The Bertz CT molecular complexity index is 448. The van der Waals surface area contributed by atoms with E-state index >= 15 is 0 Å². The number of hydrogen-bond donors (Lipinski definition) is 2. The van der Waals surface area contributed by atoms with Crippen molar-refractivity contribution in [3.05, 3.63) is 34.9 Å². The molecule has 0 amide bonds. The van der Waals surface area contributed by atoms with E-state index in [0.717, 1.165) is 0 Å². The lowest BCUT2D eigenvalue weighted by atomic mass is 10.0. The van der Waals surface area contributed by atoms with Gasteiger partial charge in [-0.1, -0.05) is 0 Å². The minimum atomic E-state index is -4.86. The van der Waals surface area contributed by atoms with Gasteiger partial charge in [-0.25, -0.2) is 0 Å². The number of nitrogens with two attached hydrogens (primary N) is 1. The van der Waals surface area contributed by atoms with Crippen molar-refractivity contribution in [1.82, 2.24) is 5.32 Å².